The zero-order chi connectivity index (χ0) is 18.8. The second-order valence-electron chi connectivity index (χ2n) is 8.71. The van der Waals surface area contributed by atoms with Crippen LogP contribution in [0.2, 0.25) is 0 Å². The van der Waals surface area contributed by atoms with Gasteiger partial charge in [-0.15, -0.1) is 24.8 Å². The zero-order valence-corrected chi connectivity index (χ0v) is 18.9. The first-order valence-electron chi connectivity index (χ1n) is 10.6. The van der Waals surface area contributed by atoms with Gasteiger partial charge in [0.25, 0.3) is 0 Å². The number of hydrogen-bond acceptors (Lipinski definition) is 4. The smallest absolute Gasteiger partial charge is 0.223 e. The van der Waals surface area contributed by atoms with E-state index in [-0.39, 0.29) is 36.6 Å². The molecular formula is C22H35Cl2N3O2. The number of methoxy groups -OCH3 is 1. The summed E-state index contributed by atoms with van der Waals surface area (Å²) in [6.07, 6.45) is 6.79. The van der Waals surface area contributed by atoms with Gasteiger partial charge in [-0.05, 0) is 62.0 Å². The number of benzene rings is 1. The molecule has 1 aromatic rings. The van der Waals surface area contributed by atoms with Crippen molar-refractivity contribution in [3.63, 3.8) is 0 Å². The van der Waals surface area contributed by atoms with Crippen LogP contribution in [-0.4, -0.2) is 38.7 Å². The molecule has 3 N–H and O–H groups in total. The number of halogens is 2. The maximum Gasteiger partial charge on any atom is 0.223 e. The standard InChI is InChI=1S/C22H33N3O2.2ClH/c1-27-20-8-3-2-7-19(20)25-10-9-15(14-25)13-24-22(26)18-11-16-5-4-6-17(12-18)21(16)23;;/h2-3,7-8,15-18,21H,4-6,9-14,23H2,1H3,(H,24,26);2*1H. The van der Waals surface area contributed by atoms with Gasteiger partial charge in [-0.25, -0.2) is 0 Å². The van der Waals surface area contributed by atoms with E-state index in [1.165, 1.54) is 19.3 Å². The third kappa shape index (κ3) is 5.31. The lowest BCUT2D eigenvalue weighted by atomic mass is 9.65. The van der Waals surface area contributed by atoms with Crippen LogP contribution in [0.1, 0.15) is 38.5 Å². The molecule has 2 aliphatic carbocycles. The Kier molecular flexibility index (Phi) is 8.92. The first kappa shape index (κ1) is 24.1. The van der Waals surface area contributed by atoms with Crippen molar-refractivity contribution < 1.29 is 9.53 Å². The highest BCUT2D eigenvalue weighted by Gasteiger charge is 2.40. The monoisotopic (exact) mass is 443 g/mol. The van der Waals surface area contributed by atoms with Crippen LogP contribution < -0.4 is 20.7 Å². The van der Waals surface area contributed by atoms with E-state index >= 15 is 0 Å². The SMILES string of the molecule is COc1ccccc1N1CCC(CNC(=O)C2CC3CCCC(C2)C3N)C1.Cl.Cl. The maximum atomic E-state index is 12.8. The van der Waals surface area contributed by atoms with Gasteiger partial charge < -0.3 is 20.7 Å². The Morgan fingerprint density at radius 3 is 2.55 bits per heavy atom. The molecule has 2 bridgehead atoms. The van der Waals surface area contributed by atoms with Crippen molar-refractivity contribution in [1.82, 2.24) is 5.32 Å². The number of nitrogens with one attached hydrogen (secondary N) is 1. The molecule has 0 aromatic heterocycles. The Labute approximate surface area is 186 Å². The molecule has 3 unspecified atom stereocenters. The van der Waals surface area contributed by atoms with Crippen LogP contribution in [-0.2, 0) is 4.79 Å². The van der Waals surface area contributed by atoms with Crippen molar-refractivity contribution in [2.75, 3.05) is 31.6 Å². The molecule has 164 valence electrons. The molecule has 0 spiro atoms. The van der Waals surface area contributed by atoms with E-state index < -0.39 is 0 Å². The van der Waals surface area contributed by atoms with Crippen LogP contribution in [0.4, 0.5) is 5.69 Å². The Hall–Kier alpha value is -1.17. The van der Waals surface area contributed by atoms with E-state index in [1.54, 1.807) is 7.11 Å². The number of hydrogen-bond donors (Lipinski definition) is 2. The highest BCUT2D eigenvalue weighted by Crippen LogP contribution is 2.42. The van der Waals surface area contributed by atoms with Crippen molar-refractivity contribution >= 4 is 36.4 Å². The van der Waals surface area contributed by atoms with Gasteiger partial charge in [0.2, 0.25) is 5.91 Å². The number of fused-ring (bicyclic) bond motifs is 2. The number of ether oxygens (including phenoxy) is 1. The van der Waals surface area contributed by atoms with Crippen LogP contribution >= 0.6 is 24.8 Å². The van der Waals surface area contributed by atoms with Gasteiger partial charge in [0, 0.05) is 31.6 Å². The third-order valence-corrected chi connectivity index (χ3v) is 7.06. The summed E-state index contributed by atoms with van der Waals surface area (Å²) < 4.78 is 5.49. The number of para-hydroxylation sites is 2. The number of nitrogens with zero attached hydrogens (tertiary/aromatic N) is 1. The van der Waals surface area contributed by atoms with Gasteiger partial charge >= 0.3 is 0 Å². The summed E-state index contributed by atoms with van der Waals surface area (Å²) >= 11 is 0. The lowest BCUT2D eigenvalue weighted by Gasteiger charge is -2.43. The molecule has 4 rings (SSSR count). The molecule has 1 amide bonds. The average molecular weight is 444 g/mol. The van der Waals surface area contributed by atoms with E-state index in [0.29, 0.717) is 23.8 Å². The second kappa shape index (κ2) is 10.7. The van der Waals surface area contributed by atoms with Crippen molar-refractivity contribution in [2.24, 2.45) is 29.4 Å². The number of carbonyl (C=O) groups excluding carboxylic acids is 1. The fraction of sp³-hybridized carbons (Fsp3) is 0.682. The number of anilines is 1. The fourth-order valence-corrected chi connectivity index (χ4v) is 5.50. The summed E-state index contributed by atoms with van der Waals surface area (Å²) in [7, 11) is 1.72. The molecule has 3 aliphatic rings. The summed E-state index contributed by atoms with van der Waals surface area (Å²) in [5.41, 5.74) is 7.52. The van der Waals surface area contributed by atoms with Crippen molar-refractivity contribution in [1.29, 1.82) is 0 Å². The summed E-state index contributed by atoms with van der Waals surface area (Å²) in [6.45, 7) is 2.77. The lowest BCUT2D eigenvalue weighted by Crippen LogP contribution is -2.49. The summed E-state index contributed by atoms with van der Waals surface area (Å²) in [5, 5.41) is 3.26. The Balaban J connectivity index is 0.00000150. The molecule has 2 saturated carbocycles. The van der Waals surface area contributed by atoms with Gasteiger partial charge in [0.15, 0.2) is 0 Å². The van der Waals surface area contributed by atoms with E-state index in [0.717, 1.165) is 50.3 Å². The zero-order valence-electron chi connectivity index (χ0n) is 17.2. The minimum Gasteiger partial charge on any atom is -0.495 e. The average Bonchev–Trinajstić information content (AvgIpc) is 3.14. The Bertz CT molecular complexity index is 661. The molecule has 7 heteroatoms. The number of carbonyl (C=O) groups is 1. The minimum absolute atomic E-state index is 0. The van der Waals surface area contributed by atoms with Crippen LogP contribution in [0, 0.1) is 23.7 Å². The highest BCUT2D eigenvalue weighted by atomic mass is 35.5. The number of amides is 1. The van der Waals surface area contributed by atoms with Gasteiger partial charge in [-0.2, -0.15) is 0 Å². The highest BCUT2D eigenvalue weighted by molar-refractivity contribution is 5.85. The molecule has 3 fully saturated rings. The molecule has 1 saturated heterocycles. The molecule has 0 radical (unpaired) electrons. The van der Waals surface area contributed by atoms with Crippen LogP contribution in [0.5, 0.6) is 5.75 Å². The van der Waals surface area contributed by atoms with Gasteiger partial charge in [-0.3, -0.25) is 4.79 Å². The third-order valence-electron chi connectivity index (χ3n) is 7.06. The summed E-state index contributed by atoms with van der Waals surface area (Å²) in [6, 6.07) is 8.50. The molecule has 1 aliphatic heterocycles. The Morgan fingerprint density at radius 1 is 1.17 bits per heavy atom. The molecule has 29 heavy (non-hydrogen) atoms. The number of rotatable bonds is 5. The van der Waals surface area contributed by atoms with Gasteiger partial charge in [0.1, 0.15) is 5.75 Å². The van der Waals surface area contributed by atoms with Crippen LogP contribution in [0.15, 0.2) is 24.3 Å². The maximum absolute atomic E-state index is 12.8. The van der Waals surface area contributed by atoms with Crippen molar-refractivity contribution in [3.8, 4) is 5.75 Å². The van der Waals surface area contributed by atoms with Crippen molar-refractivity contribution in [2.45, 2.75) is 44.6 Å². The predicted octanol–water partition coefficient (Wildman–Crippen LogP) is 3.63. The molecule has 3 atom stereocenters. The quantitative estimate of drug-likeness (QED) is 0.728. The second-order valence-corrected chi connectivity index (χ2v) is 8.71. The predicted molar refractivity (Wildman–Crippen MR) is 122 cm³/mol. The minimum atomic E-state index is 0. The topological polar surface area (TPSA) is 67.6 Å². The molecule has 1 heterocycles. The summed E-state index contributed by atoms with van der Waals surface area (Å²) in [4.78, 5) is 15.1. The van der Waals surface area contributed by atoms with Crippen LogP contribution in [0.3, 0.4) is 0 Å². The fourth-order valence-electron chi connectivity index (χ4n) is 5.50. The largest absolute Gasteiger partial charge is 0.495 e. The normalized spacial score (nSPS) is 30.7. The molecule has 5 nitrogen and oxygen atoms in total. The number of nitrogens with two attached hydrogens (primary N) is 1. The van der Waals surface area contributed by atoms with Gasteiger partial charge in [-0.1, -0.05) is 18.6 Å². The van der Waals surface area contributed by atoms with Crippen LogP contribution in [0.25, 0.3) is 0 Å². The van der Waals surface area contributed by atoms with Gasteiger partial charge in [0.05, 0.1) is 12.8 Å². The Morgan fingerprint density at radius 2 is 1.86 bits per heavy atom. The molecular weight excluding hydrogens is 409 g/mol. The van der Waals surface area contributed by atoms with E-state index in [4.69, 9.17) is 10.5 Å². The lowest BCUT2D eigenvalue weighted by molar-refractivity contribution is -0.128. The van der Waals surface area contributed by atoms with E-state index in [1.807, 2.05) is 12.1 Å². The molecule has 1 aromatic carbocycles. The van der Waals surface area contributed by atoms with E-state index in [9.17, 15) is 4.79 Å². The summed E-state index contributed by atoms with van der Waals surface area (Å²) in [5.74, 6) is 2.97. The first-order chi connectivity index (χ1) is 13.2. The first-order valence-corrected chi connectivity index (χ1v) is 10.6. The van der Waals surface area contributed by atoms with E-state index in [2.05, 4.69) is 22.3 Å². The van der Waals surface area contributed by atoms with Crippen molar-refractivity contribution in [3.05, 3.63) is 24.3 Å².